The van der Waals surface area contributed by atoms with Crippen molar-refractivity contribution < 1.29 is 13.2 Å². The molecule has 0 spiro atoms. The van der Waals surface area contributed by atoms with Crippen molar-refractivity contribution in [3.63, 3.8) is 0 Å². The number of carbonyl (C=O) groups is 1. The predicted molar refractivity (Wildman–Crippen MR) is 83.9 cm³/mol. The van der Waals surface area contributed by atoms with Crippen LogP contribution in [0.25, 0.3) is 0 Å². The minimum Gasteiger partial charge on any atom is -0.299 e. The maximum Gasteiger partial charge on any atom is 0.178 e. The number of sulfone groups is 1. The molecule has 21 heavy (non-hydrogen) atoms. The van der Waals surface area contributed by atoms with Crippen LogP contribution in [0.4, 0.5) is 0 Å². The van der Waals surface area contributed by atoms with Crippen LogP contribution >= 0.6 is 0 Å². The van der Waals surface area contributed by atoms with E-state index >= 15 is 0 Å². The Morgan fingerprint density at radius 1 is 1.19 bits per heavy atom. The lowest BCUT2D eigenvalue weighted by molar-refractivity contribution is -0.129. The molecular formula is C17H24O3S. The summed E-state index contributed by atoms with van der Waals surface area (Å²) in [7, 11) is -3.36. The number of rotatable bonds is 3. The third kappa shape index (κ3) is 3.37. The molecular weight excluding hydrogens is 284 g/mol. The first-order valence-electron chi connectivity index (χ1n) is 7.46. The summed E-state index contributed by atoms with van der Waals surface area (Å²) in [5.74, 6) is -0.0619. The zero-order valence-electron chi connectivity index (χ0n) is 13.2. The molecule has 0 saturated heterocycles. The predicted octanol–water partition coefficient (Wildman–Crippen LogP) is 3.41. The number of carbonyl (C=O) groups excluding carboxylic acids is 1. The van der Waals surface area contributed by atoms with Gasteiger partial charge in [0.1, 0.15) is 5.78 Å². The molecule has 0 aromatic heterocycles. The molecule has 116 valence electrons. The van der Waals surface area contributed by atoms with Crippen LogP contribution in [0.1, 0.15) is 39.2 Å². The zero-order valence-corrected chi connectivity index (χ0v) is 14.0. The van der Waals surface area contributed by atoms with Gasteiger partial charge in [-0.2, -0.15) is 0 Å². The number of hydrogen-bond donors (Lipinski definition) is 0. The third-order valence-electron chi connectivity index (χ3n) is 4.91. The van der Waals surface area contributed by atoms with E-state index in [1.807, 2.05) is 26.0 Å². The number of Topliss-reactive ketones (excluding diaryl/α,β-unsaturated/α-hetero) is 1. The van der Waals surface area contributed by atoms with E-state index in [0.29, 0.717) is 11.3 Å². The van der Waals surface area contributed by atoms with Crippen LogP contribution in [-0.2, 0) is 14.6 Å². The number of aryl methyl sites for hydroxylation is 1. The van der Waals surface area contributed by atoms with Gasteiger partial charge in [-0.05, 0) is 36.8 Å². The fourth-order valence-electron chi connectivity index (χ4n) is 3.21. The summed E-state index contributed by atoms with van der Waals surface area (Å²) in [6.45, 7) is 7.95. The van der Waals surface area contributed by atoms with Crippen molar-refractivity contribution in [2.24, 2.45) is 17.3 Å². The van der Waals surface area contributed by atoms with Gasteiger partial charge in [-0.3, -0.25) is 4.79 Å². The van der Waals surface area contributed by atoms with Gasteiger partial charge in [-0.25, -0.2) is 8.42 Å². The summed E-state index contributed by atoms with van der Waals surface area (Å²) >= 11 is 0. The molecule has 0 N–H and O–H groups in total. The van der Waals surface area contributed by atoms with Crippen LogP contribution in [0.15, 0.2) is 29.2 Å². The SMILES string of the molecule is Cc1ccc(S(=O)(=O)CC2C(C)C(=O)CCC2(C)C)cc1. The molecule has 0 amide bonds. The van der Waals surface area contributed by atoms with Crippen molar-refractivity contribution in [2.75, 3.05) is 5.75 Å². The molecule has 4 heteroatoms. The highest BCUT2D eigenvalue weighted by molar-refractivity contribution is 7.91. The lowest BCUT2D eigenvalue weighted by Crippen LogP contribution is -2.42. The molecule has 3 nitrogen and oxygen atoms in total. The fraction of sp³-hybridized carbons (Fsp3) is 0.588. The lowest BCUT2D eigenvalue weighted by Gasteiger charge is -2.41. The average molecular weight is 308 g/mol. The normalized spacial score (nSPS) is 25.8. The highest BCUT2D eigenvalue weighted by atomic mass is 32.2. The van der Waals surface area contributed by atoms with E-state index in [0.717, 1.165) is 12.0 Å². The molecule has 1 fully saturated rings. The smallest absolute Gasteiger partial charge is 0.178 e. The van der Waals surface area contributed by atoms with Crippen molar-refractivity contribution in [1.82, 2.24) is 0 Å². The highest BCUT2D eigenvalue weighted by Gasteiger charge is 2.43. The first-order valence-corrected chi connectivity index (χ1v) is 9.11. The first kappa shape index (κ1) is 16.2. The van der Waals surface area contributed by atoms with Gasteiger partial charge in [0.15, 0.2) is 9.84 Å². The fourth-order valence-corrected chi connectivity index (χ4v) is 5.16. The Morgan fingerprint density at radius 2 is 1.76 bits per heavy atom. The third-order valence-corrected chi connectivity index (χ3v) is 6.70. The lowest BCUT2D eigenvalue weighted by atomic mass is 9.64. The molecule has 2 atom stereocenters. The molecule has 0 aliphatic heterocycles. The summed E-state index contributed by atoms with van der Waals surface area (Å²) in [4.78, 5) is 12.3. The highest BCUT2D eigenvalue weighted by Crippen LogP contribution is 2.43. The van der Waals surface area contributed by atoms with Crippen molar-refractivity contribution in [3.8, 4) is 0 Å². The second-order valence-electron chi connectivity index (χ2n) is 6.94. The van der Waals surface area contributed by atoms with Crippen molar-refractivity contribution in [3.05, 3.63) is 29.8 Å². The van der Waals surface area contributed by atoms with Crippen LogP contribution in [0, 0.1) is 24.2 Å². The van der Waals surface area contributed by atoms with E-state index in [1.165, 1.54) is 0 Å². The van der Waals surface area contributed by atoms with Gasteiger partial charge in [0, 0.05) is 12.3 Å². The zero-order chi connectivity index (χ0) is 15.8. The monoisotopic (exact) mass is 308 g/mol. The molecule has 1 aliphatic rings. The molecule has 1 aliphatic carbocycles. The topological polar surface area (TPSA) is 51.2 Å². The summed E-state index contributed by atoms with van der Waals surface area (Å²) in [5, 5.41) is 0. The average Bonchev–Trinajstić information content (AvgIpc) is 2.40. The molecule has 1 aromatic rings. The summed E-state index contributed by atoms with van der Waals surface area (Å²) in [5.41, 5.74) is 0.918. The van der Waals surface area contributed by atoms with E-state index in [-0.39, 0.29) is 28.8 Å². The molecule has 1 aromatic carbocycles. The van der Waals surface area contributed by atoms with Crippen LogP contribution in [0.2, 0.25) is 0 Å². The largest absolute Gasteiger partial charge is 0.299 e. The Morgan fingerprint density at radius 3 is 2.33 bits per heavy atom. The maximum atomic E-state index is 12.6. The molecule has 0 bridgehead atoms. The van der Waals surface area contributed by atoms with Crippen LogP contribution in [0.3, 0.4) is 0 Å². The number of hydrogen-bond acceptors (Lipinski definition) is 3. The van der Waals surface area contributed by atoms with Gasteiger partial charge in [0.25, 0.3) is 0 Å². The Bertz CT molecular complexity index is 627. The van der Waals surface area contributed by atoms with Gasteiger partial charge in [-0.15, -0.1) is 0 Å². The quantitative estimate of drug-likeness (QED) is 0.860. The van der Waals surface area contributed by atoms with Gasteiger partial charge in [0.2, 0.25) is 0 Å². The Labute approximate surface area is 127 Å². The summed E-state index contributed by atoms with van der Waals surface area (Å²) < 4.78 is 25.3. The standard InChI is InChI=1S/C17H24O3S/c1-12-5-7-14(8-6-12)21(19,20)11-15-13(2)16(18)9-10-17(15,3)4/h5-8,13,15H,9-11H2,1-4H3. The van der Waals surface area contributed by atoms with Crippen LogP contribution < -0.4 is 0 Å². The van der Waals surface area contributed by atoms with E-state index in [2.05, 4.69) is 13.8 Å². The Kier molecular flexibility index (Phi) is 4.29. The molecule has 2 rings (SSSR count). The summed E-state index contributed by atoms with van der Waals surface area (Å²) in [6.07, 6.45) is 1.33. The molecule has 0 heterocycles. The van der Waals surface area contributed by atoms with Gasteiger partial charge in [-0.1, -0.05) is 38.5 Å². The van der Waals surface area contributed by atoms with E-state index < -0.39 is 9.84 Å². The van der Waals surface area contributed by atoms with E-state index in [4.69, 9.17) is 0 Å². The van der Waals surface area contributed by atoms with Crippen molar-refractivity contribution in [2.45, 2.75) is 45.4 Å². The minimum atomic E-state index is -3.36. The molecule has 2 unspecified atom stereocenters. The summed E-state index contributed by atoms with van der Waals surface area (Å²) in [6, 6.07) is 6.95. The number of ketones is 1. The second-order valence-corrected chi connectivity index (χ2v) is 8.98. The van der Waals surface area contributed by atoms with E-state index in [9.17, 15) is 13.2 Å². The number of benzene rings is 1. The van der Waals surface area contributed by atoms with Crippen LogP contribution in [-0.4, -0.2) is 20.0 Å². The van der Waals surface area contributed by atoms with Crippen LogP contribution in [0.5, 0.6) is 0 Å². The minimum absolute atomic E-state index is 0.0516. The maximum absolute atomic E-state index is 12.6. The Balaban J connectivity index is 2.29. The van der Waals surface area contributed by atoms with E-state index in [1.54, 1.807) is 12.1 Å². The van der Waals surface area contributed by atoms with Gasteiger partial charge < -0.3 is 0 Å². The van der Waals surface area contributed by atoms with Gasteiger partial charge >= 0.3 is 0 Å². The Hall–Kier alpha value is -1.16. The van der Waals surface area contributed by atoms with Gasteiger partial charge in [0.05, 0.1) is 10.6 Å². The molecule has 1 saturated carbocycles. The van der Waals surface area contributed by atoms with Crippen molar-refractivity contribution in [1.29, 1.82) is 0 Å². The second kappa shape index (κ2) is 5.56. The first-order chi connectivity index (χ1) is 9.63. The molecule has 0 radical (unpaired) electrons. The van der Waals surface area contributed by atoms with Crippen molar-refractivity contribution >= 4 is 15.6 Å².